The summed E-state index contributed by atoms with van der Waals surface area (Å²) in [5, 5.41) is 5.90. The van der Waals surface area contributed by atoms with Crippen LogP contribution >= 0.6 is 11.3 Å². The molecule has 0 aliphatic carbocycles. The zero-order valence-electron chi connectivity index (χ0n) is 18.0. The third kappa shape index (κ3) is 6.31. The standard InChI is InChI=1S/C24H32N4O2S/c29-23(22-11-10-21(31-22)18-27-13-6-1-2-7-14-27)28-15-12-20(17-28)26-24(30)25-16-19-8-4-3-5-9-19/h3-5,8-11,20H,1-2,6-7,12-18H2,(H2,25,26,30). The van der Waals surface area contributed by atoms with Crippen molar-refractivity contribution in [1.29, 1.82) is 0 Å². The summed E-state index contributed by atoms with van der Waals surface area (Å²) >= 11 is 1.62. The van der Waals surface area contributed by atoms with Crippen LogP contribution in [0.1, 0.15) is 52.2 Å². The zero-order chi connectivity index (χ0) is 21.5. The Balaban J connectivity index is 1.23. The van der Waals surface area contributed by atoms with Crippen molar-refractivity contribution in [2.75, 3.05) is 26.2 Å². The van der Waals surface area contributed by atoms with Crippen molar-refractivity contribution in [3.8, 4) is 0 Å². The Bertz CT molecular complexity index is 861. The highest BCUT2D eigenvalue weighted by Gasteiger charge is 2.28. The Labute approximate surface area is 188 Å². The van der Waals surface area contributed by atoms with Crippen molar-refractivity contribution in [2.24, 2.45) is 0 Å². The number of hydrogen-bond acceptors (Lipinski definition) is 4. The summed E-state index contributed by atoms with van der Waals surface area (Å²) in [6, 6.07) is 13.7. The molecule has 1 aromatic heterocycles. The Morgan fingerprint density at radius 2 is 1.74 bits per heavy atom. The van der Waals surface area contributed by atoms with Crippen LogP contribution in [0, 0.1) is 0 Å². The molecule has 166 valence electrons. The lowest BCUT2D eigenvalue weighted by atomic mass is 10.2. The molecule has 0 radical (unpaired) electrons. The maximum Gasteiger partial charge on any atom is 0.315 e. The van der Waals surface area contributed by atoms with E-state index in [1.54, 1.807) is 11.3 Å². The number of nitrogens with one attached hydrogen (secondary N) is 2. The largest absolute Gasteiger partial charge is 0.336 e. The molecule has 2 saturated heterocycles. The van der Waals surface area contributed by atoms with Crippen LogP contribution in [0.2, 0.25) is 0 Å². The lowest BCUT2D eigenvalue weighted by Crippen LogP contribution is -2.43. The molecule has 1 aromatic carbocycles. The molecule has 0 saturated carbocycles. The van der Waals surface area contributed by atoms with Gasteiger partial charge in [-0.3, -0.25) is 9.69 Å². The van der Waals surface area contributed by atoms with Crippen LogP contribution < -0.4 is 10.6 Å². The number of amides is 3. The summed E-state index contributed by atoms with van der Waals surface area (Å²) in [4.78, 5) is 31.6. The van der Waals surface area contributed by atoms with Gasteiger partial charge in [-0.1, -0.05) is 43.2 Å². The summed E-state index contributed by atoms with van der Waals surface area (Å²) in [6.45, 7) is 5.01. The molecule has 2 aliphatic heterocycles. The van der Waals surface area contributed by atoms with Gasteiger partial charge in [-0.15, -0.1) is 11.3 Å². The van der Waals surface area contributed by atoms with Crippen molar-refractivity contribution in [3.63, 3.8) is 0 Å². The molecule has 1 atom stereocenters. The minimum absolute atomic E-state index is 0.00347. The molecule has 0 spiro atoms. The number of rotatable bonds is 6. The maximum atomic E-state index is 12.9. The fourth-order valence-corrected chi connectivity index (χ4v) is 5.34. The first-order chi connectivity index (χ1) is 15.2. The predicted molar refractivity (Wildman–Crippen MR) is 124 cm³/mol. The van der Waals surface area contributed by atoms with Gasteiger partial charge in [0.05, 0.1) is 4.88 Å². The Hall–Kier alpha value is -2.38. The molecule has 4 rings (SSSR count). The molecule has 7 heteroatoms. The van der Waals surface area contributed by atoms with Gasteiger partial charge in [-0.05, 0) is 50.0 Å². The van der Waals surface area contributed by atoms with E-state index >= 15 is 0 Å². The van der Waals surface area contributed by atoms with Gasteiger partial charge in [0.15, 0.2) is 0 Å². The molecule has 2 N–H and O–H groups in total. The van der Waals surface area contributed by atoms with Gasteiger partial charge in [0, 0.05) is 37.1 Å². The topological polar surface area (TPSA) is 64.7 Å². The predicted octanol–water partition coefficient (Wildman–Crippen LogP) is 3.84. The number of hydrogen-bond donors (Lipinski definition) is 2. The van der Waals surface area contributed by atoms with Crippen LogP contribution in [0.15, 0.2) is 42.5 Å². The summed E-state index contributed by atoms with van der Waals surface area (Å²) in [6.07, 6.45) is 6.01. The normalized spacial score (nSPS) is 19.7. The molecule has 2 aromatic rings. The van der Waals surface area contributed by atoms with Crippen LogP contribution in [0.25, 0.3) is 0 Å². The molecule has 3 amide bonds. The van der Waals surface area contributed by atoms with Crippen LogP contribution in [0.3, 0.4) is 0 Å². The Morgan fingerprint density at radius 1 is 0.968 bits per heavy atom. The second-order valence-corrected chi connectivity index (χ2v) is 9.67. The summed E-state index contributed by atoms with van der Waals surface area (Å²) < 4.78 is 0. The van der Waals surface area contributed by atoms with Crippen molar-refractivity contribution in [1.82, 2.24) is 20.4 Å². The zero-order valence-corrected chi connectivity index (χ0v) is 18.8. The molecule has 3 heterocycles. The van der Waals surface area contributed by atoms with E-state index in [2.05, 4.69) is 21.6 Å². The van der Waals surface area contributed by atoms with E-state index in [0.717, 1.165) is 36.5 Å². The molecule has 1 unspecified atom stereocenters. The fourth-order valence-electron chi connectivity index (χ4n) is 4.33. The second kappa shape index (κ2) is 10.8. The number of urea groups is 1. The van der Waals surface area contributed by atoms with E-state index in [4.69, 9.17) is 0 Å². The van der Waals surface area contributed by atoms with E-state index in [-0.39, 0.29) is 18.0 Å². The van der Waals surface area contributed by atoms with Crippen molar-refractivity contribution >= 4 is 23.3 Å². The summed E-state index contributed by atoms with van der Waals surface area (Å²) in [7, 11) is 0. The van der Waals surface area contributed by atoms with Gasteiger partial charge in [-0.2, -0.15) is 0 Å². The number of thiophene rings is 1. The molecule has 2 aliphatic rings. The lowest BCUT2D eigenvalue weighted by molar-refractivity contribution is 0.0794. The van der Waals surface area contributed by atoms with Crippen LogP contribution in [-0.4, -0.2) is 54.0 Å². The molecular formula is C24H32N4O2S. The molecule has 0 bridgehead atoms. The molecule has 6 nitrogen and oxygen atoms in total. The molecule has 2 fully saturated rings. The minimum Gasteiger partial charge on any atom is -0.336 e. The third-order valence-corrected chi connectivity index (χ3v) is 7.12. The van der Waals surface area contributed by atoms with Crippen LogP contribution in [0.5, 0.6) is 0 Å². The van der Waals surface area contributed by atoms with Gasteiger partial charge >= 0.3 is 6.03 Å². The SMILES string of the molecule is O=C(NCc1ccccc1)NC1CCN(C(=O)c2ccc(CN3CCCCCC3)s2)C1. The monoisotopic (exact) mass is 440 g/mol. The lowest BCUT2D eigenvalue weighted by Gasteiger charge is -2.18. The highest BCUT2D eigenvalue weighted by atomic mass is 32.1. The minimum atomic E-state index is -0.181. The number of nitrogens with zero attached hydrogens (tertiary/aromatic N) is 2. The van der Waals surface area contributed by atoms with Gasteiger partial charge < -0.3 is 15.5 Å². The third-order valence-electron chi connectivity index (χ3n) is 6.06. The maximum absolute atomic E-state index is 12.9. The van der Waals surface area contributed by atoms with E-state index < -0.39 is 0 Å². The van der Waals surface area contributed by atoms with Crippen molar-refractivity contribution < 1.29 is 9.59 Å². The van der Waals surface area contributed by atoms with Crippen molar-refractivity contribution in [3.05, 3.63) is 57.8 Å². The number of benzene rings is 1. The van der Waals surface area contributed by atoms with Gasteiger partial charge in [0.25, 0.3) is 5.91 Å². The van der Waals surface area contributed by atoms with E-state index in [1.807, 2.05) is 41.3 Å². The van der Waals surface area contributed by atoms with Gasteiger partial charge in [-0.25, -0.2) is 4.79 Å². The van der Waals surface area contributed by atoms with Crippen LogP contribution in [-0.2, 0) is 13.1 Å². The Kier molecular flexibility index (Phi) is 7.59. The average Bonchev–Trinajstić information content (AvgIpc) is 3.37. The first-order valence-corrected chi connectivity index (χ1v) is 12.2. The highest BCUT2D eigenvalue weighted by molar-refractivity contribution is 7.14. The van der Waals surface area contributed by atoms with Gasteiger partial charge in [0.2, 0.25) is 0 Å². The molecular weight excluding hydrogens is 408 g/mol. The highest BCUT2D eigenvalue weighted by Crippen LogP contribution is 2.23. The number of carbonyl (C=O) groups is 2. The summed E-state index contributed by atoms with van der Waals surface area (Å²) in [5.41, 5.74) is 1.06. The number of likely N-dealkylation sites (tertiary alicyclic amines) is 2. The quantitative estimate of drug-likeness (QED) is 0.717. The smallest absolute Gasteiger partial charge is 0.315 e. The first-order valence-electron chi connectivity index (χ1n) is 11.4. The van der Waals surface area contributed by atoms with Crippen molar-refractivity contribution in [2.45, 2.75) is 51.2 Å². The van der Waals surface area contributed by atoms with Crippen LogP contribution in [0.4, 0.5) is 4.79 Å². The molecule has 31 heavy (non-hydrogen) atoms. The van der Waals surface area contributed by atoms with E-state index in [0.29, 0.717) is 19.6 Å². The number of carbonyl (C=O) groups excluding carboxylic acids is 2. The first kappa shape index (κ1) is 21.8. The fraction of sp³-hybridized carbons (Fsp3) is 0.500. The second-order valence-electron chi connectivity index (χ2n) is 8.51. The summed E-state index contributed by atoms with van der Waals surface area (Å²) in [5.74, 6) is 0.0844. The van der Waals surface area contributed by atoms with E-state index in [1.165, 1.54) is 30.6 Å². The van der Waals surface area contributed by atoms with Gasteiger partial charge in [0.1, 0.15) is 0 Å². The van der Waals surface area contributed by atoms with E-state index in [9.17, 15) is 9.59 Å². The Morgan fingerprint density at radius 3 is 2.52 bits per heavy atom. The average molecular weight is 441 g/mol.